The number of piperidine rings is 1. The molecule has 2 bridgehead atoms. The average Bonchev–Trinajstić information content (AvgIpc) is 3.06. The van der Waals surface area contributed by atoms with Crippen LogP contribution in [-0.4, -0.2) is 31.0 Å². The van der Waals surface area contributed by atoms with Crippen molar-refractivity contribution < 1.29 is 8.42 Å². The highest BCUT2D eigenvalue weighted by Crippen LogP contribution is 2.43. The van der Waals surface area contributed by atoms with Gasteiger partial charge >= 0.3 is 0 Å². The van der Waals surface area contributed by atoms with E-state index in [0.717, 1.165) is 39.3 Å². The first-order valence-corrected chi connectivity index (χ1v) is 12.4. The number of nitriles is 1. The molecule has 2 heterocycles. The maximum Gasteiger partial charge on any atom is 0.255 e. The lowest BCUT2D eigenvalue weighted by Gasteiger charge is -2.43. The Morgan fingerprint density at radius 1 is 0.969 bits per heavy atom. The van der Waals surface area contributed by atoms with Crippen LogP contribution < -0.4 is 10.7 Å². The Kier molecular flexibility index (Phi) is 5.17. The highest BCUT2D eigenvalue weighted by atomic mass is 32.2. The number of nitrogens with two attached hydrogens (primary N) is 1. The fraction of sp³-hybridized carbons (Fsp3) is 0.320. The highest BCUT2D eigenvalue weighted by Gasteiger charge is 2.45. The van der Waals surface area contributed by atoms with Crippen molar-refractivity contribution in [3.63, 3.8) is 0 Å². The van der Waals surface area contributed by atoms with E-state index in [2.05, 4.69) is 17.0 Å². The van der Waals surface area contributed by atoms with Gasteiger partial charge in [-0.3, -0.25) is 5.84 Å². The molecule has 2 saturated heterocycles. The fourth-order valence-electron chi connectivity index (χ4n) is 5.38. The molecule has 5 rings (SSSR count). The second-order valence-corrected chi connectivity index (χ2v) is 10.7. The highest BCUT2D eigenvalue weighted by molar-refractivity contribution is 7.89. The number of hydrazine groups is 1. The molecular formula is C25H26N4O2S. The van der Waals surface area contributed by atoms with E-state index in [1.165, 1.54) is 0 Å². The first-order chi connectivity index (χ1) is 15.4. The van der Waals surface area contributed by atoms with E-state index in [0.29, 0.717) is 18.4 Å². The van der Waals surface area contributed by atoms with Crippen molar-refractivity contribution in [2.45, 2.75) is 55.6 Å². The smallest absolute Gasteiger partial charge is 0.255 e. The summed E-state index contributed by atoms with van der Waals surface area (Å²) in [6, 6.07) is 21.2. The molecule has 3 aromatic rings. The molecule has 6 nitrogen and oxygen atoms in total. The van der Waals surface area contributed by atoms with Crippen LogP contribution in [0.3, 0.4) is 0 Å². The SMILES string of the molecule is Cc1ccc(S(=O)(=O)N(N)C2CC3CCC(C2)N3c2ccc(C#N)c3ccccc23)cc1. The zero-order valence-electron chi connectivity index (χ0n) is 18.0. The van der Waals surface area contributed by atoms with Crippen LogP contribution in [0.2, 0.25) is 0 Å². The Balaban J connectivity index is 1.44. The average molecular weight is 447 g/mol. The predicted octanol–water partition coefficient (Wildman–Crippen LogP) is 4.08. The number of benzene rings is 3. The molecule has 2 aliphatic heterocycles. The van der Waals surface area contributed by atoms with E-state index >= 15 is 0 Å². The van der Waals surface area contributed by atoms with Gasteiger partial charge in [0.15, 0.2) is 0 Å². The van der Waals surface area contributed by atoms with Crippen molar-refractivity contribution in [3.8, 4) is 6.07 Å². The van der Waals surface area contributed by atoms with Crippen molar-refractivity contribution >= 4 is 26.5 Å². The number of anilines is 1. The minimum Gasteiger partial charge on any atom is -0.365 e. The van der Waals surface area contributed by atoms with Gasteiger partial charge in [-0.1, -0.05) is 42.0 Å². The standard InChI is InChI=1S/C25H26N4O2S/c1-17-6-11-22(12-7-17)32(30,31)29(27)21-14-19-9-10-20(15-21)28(19)25-13-8-18(16-26)23-4-2-3-5-24(23)25/h2-8,11-13,19-21H,9-10,14-15,27H2,1H3. The van der Waals surface area contributed by atoms with Crippen molar-refractivity contribution in [2.24, 2.45) is 5.84 Å². The van der Waals surface area contributed by atoms with E-state index in [1.54, 1.807) is 24.3 Å². The molecule has 0 saturated carbocycles. The molecule has 3 aromatic carbocycles. The van der Waals surface area contributed by atoms with E-state index in [9.17, 15) is 13.7 Å². The molecule has 2 atom stereocenters. The summed E-state index contributed by atoms with van der Waals surface area (Å²) >= 11 is 0. The maximum atomic E-state index is 13.1. The molecule has 2 aliphatic rings. The Hall–Kier alpha value is -2.92. The Morgan fingerprint density at radius 2 is 1.59 bits per heavy atom. The summed E-state index contributed by atoms with van der Waals surface area (Å²) in [5.41, 5.74) is 2.80. The lowest BCUT2D eigenvalue weighted by atomic mass is 9.95. The van der Waals surface area contributed by atoms with Gasteiger partial charge in [-0.15, -0.1) is 4.41 Å². The van der Waals surface area contributed by atoms with Gasteiger partial charge in [-0.05, 0) is 56.9 Å². The number of fused-ring (bicyclic) bond motifs is 3. The van der Waals surface area contributed by atoms with Crippen LogP contribution in [0, 0.1) is 18.3 Å². The monoisotopic (exact) mass is 446 g/mol. The summed E-state index contributed by atoms with van der Waals surface area (Å²) < 4.78 is 27.4. The number of aryl methyl sites for hydroxylation is 1. The van der Waals surface area contributed by atoms with Crippen molar-refractivity contribution in [3.05, 3.63) is 71.8 Å². The van der Waals surface area contributed by atoms with E-state index < -0.39 is 10.0 Å². The van der Waals surface area contributed by atoms with Crippen molar-refractivity contribution in [1.29, 1.82) is 5.26 Å². The van der Waals surface area contributed by atoms with Crippen LogP contribution in [0.15, 0.2) is 65.6 Å². The summed E-state index contributed by atoms with van der Waals surface area (Å²) in [4.78, 5) is 2.67. The third-order valence-corrected chi connectivity index (χ3v) is 8.69. The summed E-state index contributed by atoms with van der Waals surface area (Å²) in [5, 5.41) is 11.5. The molecule has 0 radical (unpaired) electrons. The molecule has 0 spiro atoms. The number of hydrogen-bond acceptors (Lipinski definition) is 5. The van der Waals surface area contributed by atoms with Gasteiger partial charge in [0.1, 0.15) is 0 Å². The molecule has 0 aliphatic carbocycles. The molecule has 0 aromatic heterocycles. The first kappa shape index (κ1) is 21.0. The van der Waals surface area contributed by atoms with Gasteiger partial charge in [0, 0.05) is 34.6 Å². The van der Waals surface area contributed by atoms with Crippen LogP contribution in [0.25, 0.3) is 10.8 Å². The number of sulfonamides is 1. The second kappa shape index (κ2) is 7.89. The zero-order valence-corrected chi connectivity index (χ0v) is 18.8. The normalized spacial score (nSPS) is 22.9. The zero-order chi connectivity index (χ0) is 22.5. The Morgan fingerprint density at radius 3 is 2.22 bits per heavy atom. The van der Waals surface area contributed by atoms with Gasteiger partial charge in [0.2, 0.25) is 0 Å². The first-order valence-electron chi connectivity index (χ1n) is 11.0. The van der Waals surface area contributed by atoms with E-state index in [1.807, 2.05) is 37.3 Å². The molecule has 0 amide bonds. The maximum absolute atomic E-state index is 13.1. The van der Waals surface area contributed by atoms with Gasteiger partial charge in [0.25, 0.3) is 10.0 Å². The largest absolute Gasteiger partial charge is 0.365 e. The molecule has 2 fully saturated rings. The molecular weight excluding hydrogens is 420 g/mol. The molecule has 7 heteroatoms. The minimum atomic E-state index is -3.74. The lowest BCUT2D eigenvalue weighted by molar-refractivity contribution is 0.250. The predicted molar refractivity (Wildman–Crippen MR) is 125 cm³/mol. The van der Waals surface area contributed by atoms with Gasteiger partial charge in [-0.2, -0.15) is 5.26 Å². The fourth-order valence-corrected chi connectivity index (χ4v) is 6.67. The molecule has 164 valence electrons. The lowest BCUT2D eigenvalue weighted by Crippen LogP contribution is -2.54. The summed E-state index contributed by atoms with van der Waals surface area (Å²) in [6.45, 7) is 1.93. The summed E-state index contributed by atoms with van der Waals surface area (Å²) in [7, 11) is -3.74. The quantitative estimate of drug-likeness (QED) is 0.482. The van der Waals surface area contributed by atoms with E-state index in [-0.39, 0.29) is 23.0 Å². The van der Waals surface area contributed by atoms with Crippen LogP contribution in [0.5, 0.6) is 0 Å². The molecule has 32 heavy (non-hydrogen) atoms. The number of rotatable bonds is 4. The van der Waals surface area contributed by atoms with Crippen molar-refractivity contribution in [1.82, 2.24) is 4.41 Å². The number of hydrogen-bond donors (Lipinski definition) is 1. The van der Waals surface area contributed by atoms with Gasteiger partial charge in [0.05, 0.1) is 16.5 Å². The summed E-state index contributed by atoms with van der Waals surface area (Å²) in [6.07, 6.45) is 3.39. The Bertz CT molecular complexity index is 1300. The van der Waals surface area contributed by atoms with Crippen LogP contribution in [0.1, 0.15) is 36.8 Å². The van der Waals surface area contributed by atoms with E-state index in [4.69, 9.17) is 5.84 Å². The molecule has 2 unspecified atom stereocenters. The Labute approximate surface area is 188 Å². The summed E-state index contributed by atoms with van der Waals surface area (Å²) in [5.74, 6) is 6.25. The van der Waals surface area contributed by atoms with Gasteiger partial charge in [-0.25, -0.2) is 8.42 Å². The third kappa shape index (κ3) is 3.36. The van der Waals surface area contributed by atoms with Crippen LogP contribution >= 0.6 is 0 Å². The van der Waals surface area contributed by atoms with Crippen LogP contribution in [0.4, 0.5) is 5.69 Å². The molecule has 2 N–H and O–H groups in total. The van der Waals surface area contributed by atoms with Crippen molar-refractivity contribution in [2.75, 3.05) is 4.90 Å². The van der Waals surface area contributed by atoms with Crippen LogP contribution in [-0.2, 0) is 10.0 Å². The second-order valence-electron chi connectivity index (χ2n) is 8.86. The third-order valence-electron chi connectivity index (χ3n) is 6.96. The topological polar surface area (TPSA) is 90.4 Å². The minimum absolute atomic E-state index is 0.217. The van der Waals surface area contributed by atoms with Gasteiger partial charge < -0.3 is 4.90 Å². The number of nitrogens with zero attached hydrogens (tertiary/aromatic N) is 3.